The van der Waals surface area contributed by atoms with E-state index < -0.39 is 57.6 Å². The fourth-order valence-corrected chi connectivity index (χ4v) is 6.18. The molecule has 0 fully saturated rings. The minimum absolute atomic E-state index is 0.00581. The third-order valence-corrected chi connectivity index (χ3v) is 8.46. The molecule has 0 radical (unpaired) electrons. The highest BCUT2D eigenvalue weighted by Gasteiger charge is 2.39. The molecule has 1 atom stereocenters. The van der Waals surface area contributed by atoms with E-state index >= 15 is 0 Å². The zero-order chi connectivity index (χ0) is 31.5. The van der Waals surface area contributed by atoms with Gasteiger partial charge in [-0.15, -0.1) is 0 Å². The van der Waals surface area contributed by atoms with E-state index in [1.54, 1.807) is 0 Å². The van der Waals surface area contributed by atoms with Crippen molar-refractivity contribution in [1.29, 1.82) is 0 Å². The van der Waals surface area contributed by atoms with Crippen LogP contribution in [0.5, 0.6) is 11.6 Å². The lowest BCUT2D eigenvalue weighted by atomic mass is 10.0. The molecule has 1 aromatic heterocycles. The number of hydrogen-bond acceptors (Lipinski definition) is 6. The lowest BCUT2D eigenvalue weighted by molar-refractivity contribution is -0.138. The Morgan fingerprint density at radius 2 is 1.98 bits per heavy atom. The molecule has 230 valence electrons. The number of nitrogens with zero attached hydrogens (tertiary/aromatic N) is 2. The summed E-state index contributed by atoms with van der Waals surface area (Å²) in [5.74, 6) is -1.71. The molecular weight excluding hydrogens is 623 g/mol. The van der Waals surface area contributed by atoms with Gasteiger partial charge in [-0.3, -0.25) is 9.10 Å². The fourth-order valence-electron chi connectivity index (χ4n) is 4.33. The van der Waals surface area contributed by atoms with Crippen molar-refractivity contribution in [3.63, 3.8) is 0 Å². The van der Waals surface area contributed by atoms with Gasteiger partial charge >= 0.3 is 12.1 Å². The molecule has 2 aromatic carbocycles. The van der Waals surface area contributed by atoms with Crippen LogP contribution in [0.1, 0.15) is 48.4 Å². The van der Waals surface area contributed by atoms with Crippen molar-refractivity contribution < 1.29 is 49.7 Å². The quantitative estimate of drug-likeness (QED) is 0.185. The number of alkyl halides is 5. The van der Waals surface area contributed by atoms with Gasteiger partial charge in [0.1, 0.15) is 11.9 Å². The molecule has 1 unspecified atom stereocenters. The van der Waals surface area contributed by atoms with Crippen LogP contribution in [0, 0.1) is 0 Å². The van der Waals surface area contributed by atoms with Crippen LogP contribution in [0.15, 0.2) is 53.6 Å². The number of benzene rings is 2. The number of rotatable bonds is 10. The molecule has 2 heterocycles. The first-order valence-electron chi connectivity index (χ1n) is 12.7. The highest BCUT2D eigenvalue weighted by atomic mass is 35.5. The van der Waals surface area contributed by atoms with Crippen LogP contribution >= 0.6 is 11.6 Å². The predicted octanol–water partition coefficient (Wildman–Crippen LogP) is 7.08. The van der Waals surface area contributed by atoms with Gasteiger partial charge in [0.25, 0.3) is 16.4 Å². The van der Waals surface area contributed by atoms with Gasteiger partial charge in [0.2, 0.25) is 5.88 Å². The monoisotopic (exact) mass is 646 g/mol. The average Bonchev–Trinajstić information content (AvgIpc) is 2.94. The molecule has 43 heavy (non-hydrogen) atoms. The molecule has 1 aliphatic rings. The van der Waals surface area contributed by atoms with Gasteiger partial charge < -0.3 is 14.6 Å². The summed E-state index contributed by atoms with van der Waals surface area (Å²) >= 11 is 6.13. The van der Waals surface area contributed by atoms with Crippen LogP contribution in [0.3, 0.4) is 0 Å². The third-order valence-electron chi connectivity index (χ3n) is 6.35. The summed E-state index contributed by atoms with van der Waals surface area (Å²) in [7, 11) is -4.82. The van der Waals surface area contributed by atoms with E-state index in [1.807, 2.05) is 0 Å². The van der Waals surface area contributed by atoms with Gasteiger partial charge in [-0.1, -0.05) is 42.0 Å². The second-order valence-corrected chi connectivity index (χ2v) is 11.5. The molecular formula is C28H24ClF5N2O6S. The minimum Gasteiger partial charge on any atom is -0.486 e. The number of pyridine rings is 1. The van der Waals surface area contributed by atoms with E-state index in [0.29, 0.717) is 17.8 Å². The number of fused-ring (bicyclic) bond motifs is 1. The smallest absolute Gasteiger partial charge is 0.417 e. The summed E-state index contributed by atoms with van der Waals surface area (Å²) in [5.41, 5.74) is -1.36. The van der Waals surface area contributed by atoms with E-state index in [9.17, 15) is 35.2 Å². The fraction of sp³-hybridized carbons (Fsp3) is 0.286. The van der Waals surface area contributed by atoms with Crippen LogP contribution < -0.4 is 13.8 Å². The number of aromatic nitrogens is 1. The van der Waals surface area contributed by atoms with Crippen molar-refractivity contribution >= 4 is 45.4 Å². The van der Waals surface area contributed by atoms with Crippen molar-refractivity contribution in [2.24, 2.45) is 0 Å². The second-order valence-electron chi connectivity index (χ2n) is 9.27. The van der Waals surface area contributed by atoms with Crippen molar-refractivity contribution in [2.75, 3.05) is 17.5 Å². The maximum absolute atomic E-state index is 14.0. The lowest BCUT2D eigenvalue weighted by Gasteiger charge is -2.35. The van der Waals surface area contributed by atoms with Crippen LogP contribution in [0.4, 0.5) is 27.6 Å². The van der Waals surface area contributed by atoms with Gasteiger partial charge in [0, 0.05) is 28.8 Å². The maximum Gasteiger partial charge on any atom is 0.417 e. The maximum atomic E-state index is 14.0. The number of sulfonamides is 1. The Balaban J connectivity index is 1.83. The van der Waals surface area contributed by atoms with Crippen LogP contribution in [0.25, 0.3) is 12.2 Å². The Labute approximate surface area is 248 Å². The topological polar surface area (TPSA) is 106 Å². The second kappa shape index (κ2) is 12.8. The number of aliphatic carboxylic acids is 1. The van der Waals surface area contributed by atoms with Crippen molar-refractivity contribution in [2.45, 2.75) is 43.4 Å². The van der Waals surface area contributed by atoms with Gasteiger partial charge in [-0.25, -0.2) is 22.2 Å². The molecule has 15 heteroatoms. The van der Waals surface area contributed by atoms with Gasteiger partial charge in [-0.05, 0) is 43.2 Å². The molecule has 0 spiro atoms. The highest BCUT2D eigenvalue weighted by molar-refractivity contribution is 7.93. The summed E-state index contributed by atoms with van der Waals surface area (Å²) < 4.78 is 108. The van der Waals surface area contributed by atoms with Crippen LogP contribution in [-0.4, -0.2) is 43.7 Å². The third kappa shape index (κ3) is 7.19. The summed E-state index contributed by atoms with van der Waals surface area (Å²) in [6.07, 6.45) is -5.98. The molecule has 0 aliphatic carbocycles. The minimum atomic E-state index is -4.91. The molecule has 0 saturated heterocycles. The van der Waals surface area contributed by atoms with E-state index in [4.69, 9.17) is 26.2 Å². The zero-order valence-corrected chi connectivity index (χ0v) is 23.9. The van der Waals surface area contributed by atoms with Crippen LogP contribution in [0.2, 0.25) is 5.02 Å². The Hall–Kier alpha value is -3.91. The Bertz CT molecular complexity index is 1650. The molecule has 0 amide bonds. The number of carbonyl (C=O) groups is 1. The Kier molecular flexibility index (Phi) is 9.50. The number of anilines is 1. The first-order valence-corrected chi connectivity index (χ1v) is 14.5. The largest absolute Gasteiger partial charge is 0.486 e. The van der Waals surface area contributed by atoms with Crippen molar-refractivity contribution in [3.05, 3.63) is 75.9 Å². The number of hydrogen-bond donors (Lipinski definition) is 1. The van der Waals surface area contributed by atoms with Gasteiger partial charge in [0.05, 0.1) is 24.4 Å². The number of halogens is 6. The highest BCUT2D eigenvalue weighted by Crippen LogP contribution is 2.41. The summed E-state index contributed by atoms with van der Waals surface area (Å²) in [6.45, 7) is 0.954. The van der Waals surface area contributed by atoms with E-state index in [1.165, 1.54) is 55.5 Å². The lowest BCUT2D eigenvalue weighted by Crippen LogP contribution is -2.44. The number of ether oxygens (including phenoxy) is 2. The van der Waals surface area contributed by atoms with Crippen molar-refractivity contribution in [1.82, 2.24) is 4.98 Å². The first-order chi connectivity index (χ1) is 20.2. The summed E-state index contributed by atoms with van der Waals surface area (Å²) in [4.78, 5) is 13.9. The predicted molar refractivity (Wildman–Crippen MR) is 148 cm³/mol. The molecule has 0 bridgehead atoms. The summed E-state index contributed by atoms with van der Waals surface area (Å²) in [6, 6.07) is 8.66. The number of carboxylic acid groups (broad SMARTS) is 1. The normalized spacial score (nSPS) is 15.4. The van der Waals surface area contributed by atoms with E-state index in [2.05, 4.69) is 4.98 Å². The van der Waals surface area contributed by atoms with Crippen molar-refractivity contribution in [3.8, 4) is 11.6 Å². The standard InChI is InChI=1S/C28H24ClF5N2O6S/c1-2-41-27-24(13-17(14-35-27)28(32,33)34)43(39,40)36-15-18(8-11-25(37)38)42-23-10-7-16(12-22(23)36)6-9-19-20(26(30)31)4-3-5-21(19)29/h3-7,9-10,12-14,18,26H,2,8,11,15H2,1H3,(H,37,38). The van der Waals surface area contributed by atoms with Gasteiger partial charge in [-0.2, -0.15) is 13.2 Å². The first kappa shape index (κ1) is 32.0. The SMILES string of the molecule is CCOc1ncc(C(F)(F)F)cc1S(=O)(=O)N1CC(CCC(=O)O)Oc2ccc(C=Cc3c(Cl)cccc3C(F)F)cc21. The number of carboxylic acids is 1. The molecule has 3 aromatic rings. The van der Waals surface area contributed by atoms with Gasteiger partial charge in [0.15, 0.2) is 4.90 Å². The molecule has 4 rings (SSSR count). The average molecular weight is 647 g/mol. The molecule has 1 aliphatic heterocycles. The van der Waals surface area contributed by atoms with E-state index in [-0.39, 0.29) is 47.0 Å². The van der Waals surface area contributed by atoms with E-state index in [0.717, 1.165) is 4.31 Å². The molecule has 0 saturated carbocycles. The Morgan fingerprint density at radius 3 is 2.63 bits per heavy atom. The van der Waals surface area contributed by atoms with Crippen LogP contribution in [-0.2, 0) is 21.0 Å². The molecule has 1 N–H and O–H groups in total. The Morgan fingerprint density at radius 1 is 1.23 bits per heavy atom. The summed E-state index contributed by atoms with van der Waals surface area (Å²) in [5, 5.41) is 9.18. The zero-order valence-electron chi connectivity index (χ0n) is 22.3. The molecule has 8 nitrogen and oxygen atoms in total.